The van der Waals surface area contributed by atoms with Crippen molar-refractivity contribution >= 4 is 18.3 Å². The van der Waals surface area contributed by atoms with Crippen molar-refractivity contribution in [3.63, 3.8) is 0 Å². The van der Waals surface area contributed by atoms with Gasteiger partial charge in [0.2, 0.25) is 5.82 Å². The maximum atomic E-state index is 12.9. The third-order valence-corrected chi connectivity index (χ3v) is 4.69. The number of aromatic nitrogens is 3. The number of hydrogen-bond acceptors (Lipinski definition) is 4. The number of hydrogen-bond donors (Lipinski definition) is 1. The van der Waals surface area contributed by atoms with Crippen LogP contribution in [-0.4, -0.2) is 44.7 Å². The number of aryl methyl sites for hydroxylation is 1. The third kappa shape index (κ3) is 4.02. The molecule has 1 aliphatic heterocycles. The summed E-state index contributed by atoms with van der Waals surface area (Å²) in [6, 6.07) is 9.87. The van der Waals surface area contributed by atoms with Crippen molar-refractivity contribution < 1.29 is 4.79 Å². The topological polar surface area (TPSA) is 77.0 Å². The van der Waals surface area contributed by atoms with E-state index in [9.17, 15) is 4.79 Å². The van der Waals surface area contributed by atoms with Gasteiger partial charge in [0.25, 0.3) is 5.91 Å². The molecule has 136 valence electrons. The van der Waals surface area contributed by atoms with Crippen LogP contribution in [0.3, 0.4) is 0 Å². The van der Waals surface area contributed by atoms with E-state index in [1.807, 2.05) is 42.2 Å². The Morgan fingerprint density at radius 1 is 1.32 bits per heavy atom. The molecule has 3 rings (SSSR count). The van der Waals surface area contributed by atoms with Crippen LogP contribution in [0.2, 0.25) is 0 Å². The van der Waals surface area contributed by atoms with E-state index in [-0.39, 0.29) is 30.2 Å². The molecule has 1 aromatic heterocycles. The van der Waals surface area contributed by atoms with Crippen molar-refractivity contribution in [2.24, 2.45) is 11.7 Å². The molecular formula is C18H26ClN5O. The highest BCUT2D eigenvalue weighted by atomic mass is 35.5. The maximum absolute atomic E-state index is 12.9. The summed E-state index contributed by atoms with van der Waals surface area (Å²) in [5.41, 5.74) is 6.80. The Hall–Kier alpha value is -1.92. The molecule has 0 radical (unpaired) electrons. The molecule has 1 saturated heterocycles. The second kappa shape index (κ2) is 8.45. The summed E-state index contributed by atoms with van der Waals surface area (Å²) in [6.45, 7) is 5.43. The zero-order valence-electron chi connectivity index (χ0n) is 14.8. The molecule has 2 heterocycles. The second-order valence-electron chi connectivity index (χ2n) is 6.47. The predicted octanol–water partition coefficient (Wildman–Crippen LogP) is 2.45. The molecule has 7 heteroatoms. The molecule has 0 aliphatic carbocycles. The number of rotatable bonds is 4. The van der Waals surface area contributed by atoms with Gasteiger partial charge in [-0.1, -0.05) is 32.0 Å². The van der Waals surface area contributed by atoms with Crippen molar-refractivity contribution in [2.75, 3.05) is 13.1 Å². The minimum atomic E-state index is -0.110. The van der Waals surface area contributed by atoms with Gasteiger partial charge in [0.15, 0.2) is 0 Å². The van der Waals surface area contributed by atoms with E-state index in [4.69, 9.17) is 5.73 Å². The first-order valence-electron chi connectivity index (χ1n) is 8.66. The largest absolute Gasteiger partial charge is 0.332 e. The fourth-order valence-electron chi connectivity index (χ4n) is 3.31. The van der Waals surface area contributed by atoms with Crippen LogP contribution in [0.25, 0.3) is 5.69 Å². The van der Waals surface area contributed by atoms with Gasteiger partial charge in [0.1, 0.15) is 5.82 Å². The summed E-state index contributed by atoms with van der Waals surface area (Å²) < 4.78 is 1.76. The van der Waals surface area contributed by atoms with Gasteiger partial charge >= 0.3 is 0 Å². The number of halogens is 1. The molecule has 1 aliphatic rings. The van der Waals surface area contributed by atoms with E-state index in [0.717, 1.165) is 30.9 Å². The van der Waals surface area contributed by atoms with Gasteiger partial charge in [-0.2, -0.15) is 0 Å². The normalized spacial score (nSPS) is 20.2. The summed E-state index contributed by atoms with van der Waals surface area (Å²) >= 11 is 0. The van der Waals surface area contributed by atoms with Crippen molar-refractivity contribution in [2.45, 2.75) is 39.2 Å². The maximum Gasteiger partial charge on any atom is 0.293 e. The Balaban J connectivity index is 0.00000225. The molecule has 1 aromatic carbocycles. The lowest BCUT2D eigenvalue weighted by molar-refractivity contribution is 0.0561. The summed E-state index contributed by atoms with van der Waals surface area (Å²) in [7, 11) is 0. The molecule has 0 saturated carbocycles. The Bertz CT molecular complexity index is 703. The molecular weight excluding hydrogens is 338 g/mol. The van der Waals surface area contributed by atoms with Gasteiger partial charge in [-0.05, 0) is 30.9 Å². The fraction of sp³-hybridized carbons (Fsp3) is 0.500. The van der Waals surface area contributed by atoms with E-state index >= 15 is 0 Å². The highest BCUT2D eigenvalue weighted by Crippen LogP contribution is 2.23. The van der Waals surface area contributed by atoms with Crippen LogP contribution < -0.4 is 5.73 Å². The summed E-state index contributed by atoms with van der Waals surface area (Å²) in [5.74, 6) is 1.55. The molecule has 25 heavy (non-hydrogen) atoms. The summed E-state index contributed by atoms with van der Waals surface area (Å²) in [4.78, 5) is 19.3. The molecule has 0 spiro atoms. The van der Waals surface area contributed by atoms with Gasteiger partial charge in [-0.15, -0.1) is 17.5 Å². The van der Waals surface area contributed by atoms with Gasteiger partial charge in [0.05, 0.1) is 5.69 Å². The zero-order valence-corrected chi connectivity index (χ0v) is 15.6. The van der Waals surface area contributed by atoms with Crippen molar-refractivity contribution in [3.05, 3.63) is 42.0 Å². The van der Waals surface area contributed by atoms with Crippen molar-refractivity contribution in [1.29, 1.82) is 0 Å². The Morgan fingerprint density at radius 3 is 2.68 bits per heavy atom. The van der Waals surface area contributed by atoms with Gasteiger partial charge in [-0.3, -0.25) is 4.79 Å². The molecule has 0 bridgehead atoms. The Labute approximate surface area is 154 Å². The fourth-order valence-corrected chi connectivity index (χ4v) is 3.31. The molecule has 1 fully saturated rings. The monoisotopic (exact) mass is 363 g/mol. The molecule has 2 aromatic rings. The highest BCUT2D eigenvalue weighted by molar-refractivity contribution is 5.90. The number of piperidine rings is 1. The van der Waals surface area contributed by atoms with Gasteiger partial charge in [0, 0.05) is 25.6 Å². The average Bonchev–Trinajstić information content (AvgIpc) is 3.06. The lowest BCUT2D eigenvalue weighted by Gasteiger charge is -2.37. The van der Waals surface area contributed by atoms with Crippen LogP contribution in [0.1, 0.15) is 43.1 Å². The van der Waals surface area contributed by atoms with Crippen LogP contribution in [0.15, 0.2) is 30.3 Å². The lowest BCUT2D eigenvalue weighted by Crippen LogP contribution is -2.49. The van der Waals surface area contributed by atoms with Gasteiger partial charge < -0.3 is 10.6 Å². The van der Waals surface area contributed by atoms with Gasteiger partial charge in [-0.25, -0.2) is 9.67 Å². The minimum Gasteiger partial charge on any atom is -0.332 e. The number of carbonyl (C=O) groups excluding carboxylic acids is 1. The van der Waals surface area contributed by atoms with Crippen LogP contribution in [0, 0.1) is 5.92 Å². The van der Waals surface area contributed by atoms with Crippen molar-refractivity contribution in [1.82, 2.24) is 19.7 Å². The predicted molar refractivity (Wildman–Crippen MR) is 100 cm³/mol. The standard InChI is InChI=1S/C18H25N5O.ClH/c1-3-16-20-17(21-23(16)14-7-5-4-6-8-14)18(24)22-10-9-13(2)11-15(22)12-19;/h4-8,13,15H,3,9-12,19H2,1-2H3;1H. The molecule has 2 atom stereocenters. The highest BCUT2D eigenvalue weighted by Gasteiger charge is 2.32. The van der Waals surface area contributed by atoms with Crippen molar-refractivity contribution in [3.8, 4) is 5.69 Å². The molecule has 6 nitrogen and oxygen atoms in total. The summed E-state index contributed by atoms with van der Waals surface area (Å²) in [5, 5.41) is 4.49. The number of amides is 1. The van der Waals surface area contributed by atoms with E-state index in [1.54, 1.807) is 4.68 Å². The van der Waals surface area contributed by atoms with Crippen LogP contribution in [0.4, 0.5) is 0 Å². The SMILES string of the molecule is CCc1nc(C(=O)N2CCC(C)CC2CN)nn1-c1ccccc1.Cl. The molecule has 2 N–H and O–H groups in total. The Morgan fingerprint density at radius 2 is 2.04 bits per heavy atom. The van der Waals surface area contributed by atoms with Crippen LogP contribution >= 0.6 is 12.4 Å². The first-order chi connectivity index (χ1) is 11.6. The average molecular weight is 364 g/mol. The molecule has 1 amide bonds. The quantitative estimate of drug-likeness (QED) is 0.905. The van der Waals surface area contributed by atoms with E-state index < -0.39 is 0 Å². The first-order valence-corrected chi connectivity index (χ1v) is 8.66. The number of likely N-dealkylation sites (tertiary alicyclic amines) is 1. The zero-order chi connectivity index (χ0) is 17.1. The number of nitrogens with two attached hydrogens (primary N) is 1. The van der Waals surface area contributed by atoms with E-state index in [1.165, 1.54) is 0 Å². The second-order valence-corrected chi connectivity index (χ2v) is 6.47. The molecule has 2 unspecified atom stereocenters. The Kier molecular flexibility index (Phi) is 6.56. The lowest BCUT2D eigenvalue weighted by atomic mass is 9.92. The third-order valence-electron chi connectivity index (χ3n) is 4.69. The number of benzene rings is 1. The first kappa shape index (κ1) is 19.4. The van der Waals surface area contributed by atoms with Crippen LogP contribution in [-0.2, 0) is 6.42 Å². The van der Waals surface area contributed by atoms with E-state index in [0.29, 0.717) is 18.9 Å². The number of nitrogens with zero attached hydrogens (tertiary/aromatic N) is 4. The summed E-state index contributed by atoms with van der Waals surface area (Å²) in [6.07, 6.45) is 2.66. The smallest absolute Gasteiger partial charge is 0.293 e. The number of para-hydroxylation sites is 1. The van der Waals surface area contributed by atoms with E-state index in [2.05, 4.69) is 17.0 Å². The minimum absolute atomic E-state index is 0. The van der Waals surface area contributed by atoms with Crippen LogP contribution in [0.5, 0.6) is 0 Å². The number of carbonyl (C=O) groups is 1.